The Kier molecular flexibility index (Phi) is 3.88. The molecule has 4 nitrogen and oxygen atoms in total. The minimum Gasteiger partial charge on any atom is -0.354 e. The Hall–Kier alpha value is -2.33. The maximum atomic E-state index is 6.20. The fourth-order valence-electron chi connectivity index (χ4n) is 2.10. The van der Waals surface area contributed by atoms with E-state index >= 15 is 0 Å². The Morgan fingerprint density at radius 2 is 1.76 bits per heavy atom. The molecule has 0 atom stereocenters. The summed E-state index contributed by atoms with van der Waals surface area (Å²) in [5.74, 6) is 1.34. The Bertz CT molecular complexity index is 773. The summed E-state index contributed by atoms with van der Waals surface area (Å²) in [6.07, 6.45) is 0. The number of halogens is 1. The predicted octanol–water partition coefficient (Wildman–Crippen LogP) is 4.46. The molecule has 0 saturated heterocycles. The highest BCUT2D eigenvalue weighted by molar-refractivity contribution is 6.33. The maximum absolute atomic E-state index is 6.20. The zero-order chi connectivity index (χ0) is 14.7. The normalized spacial score (nSPS) is 10.6. The van der Waals surface area contributed by atoms with E-state index in [2.05, 4.69) is 20.6 Å². The van der Waals surface area contributed by atoms with Gasteiger partial charge in [0.15, 0.2) is 0 Å². The van der Waals surface area contributed by atoms with E-state index in [1.54, 1.807) is 0 Å². The van der Waals surface area contributed by atoms with Gasteiger partial charge >= 0.3 is 0 Å². The van der Waals surface area contributed by atoms with Gasteiger partial charge in [-0.1, -0.05) is 35.9 Å². The van der Waals surface area contributed by atoms with Crippen LogP contribution in [0.25, 0.3) is 10.9 Å². The van der Waals surface area contributed by atoms with Crippen molar-refractivity contribution in [1.82, 2.24) is 9.97 Å². The van der Waals surface area contributed by atoms with E-state index in [-0.39, 0.29) is 0 Å². The van der Waals surface area contributed by atoms with Gasteiger partial charge in [0.1, 0.15) is 5.82 Å². The van der Waals surface area contributed by atoms with Crippen molar-refractivity contribution in [3.63, 3.8) is 0 Å². The second-order valence-corrected chi connectivity index (χ2v) is 4.96. The lowest BCUT2D eigenvalue weighted by Crippen LogP contribution is -2.05. The van der Waals surface area contributed by atoms with E-state index < -0.39 is 0 Å². The average molecular weight is 299 g/mol. The highest BCUT2D eigenvalue weighted by atomic mass is 35.5. The standard InChI is InChI=1S/C16H15ClN4/c1-2-18-16-20-13-9-5-3-7-11(13)15(21-16)19-14-10-6-4-8-12(14)17/h3-10H,2H2,1H3,(H2,18,19,20,21). The minimum atomic E-state index is 0.603. The molecule has 106 valence electrons. The molecular weight excluding hydrogens is 284 g/mol. The molecule has 3 aromatic rings. The summed E-state index contributed by atoms with van der Waals surface area (Å²) in [5.41, 5.74) is 1.71. The number of fused-ring (bicyclic) bond motifs is 1. The van der Waals surface area contributed by atoms with Crippen LogP contribution in [-0.4, -0.2) is 16.5 Å². The Labute approximate surface area is 128 Å². The van der Waals surface area contributed by atoms with E-state index in [1.807, 2.05) is 55.5 Å². The summed E-state index contributed by atoms with van der Waals surface area (Å²) in [7, 11) is 0. The van der Waals surface area contributed by atoms with Crippen molar-refractivity contribution in [1.29, 1.82) is 0 Å². The number of para-hydroxylation sites is 2. The van der Waals surface area contributed by atoms with Crippen molar-refractivity contribution < 1.29 is 0 Å². The van der Waals surface area contributed by atoms with Crippen molar-refractivity contribution in [3.05, 3.63) is 53.6 Å². The lowest BCUT2D eigenvalue weighted by Gasteiger charge is -2.12. The zero-order valence-electron chi connectivity index (χ0n) is 11.6. The van der Waals surface area contributed by atoms with Gasteiger partial charge in [0.2, 0.25) is 5.95 Å². The molecule has 2 N–H and O–H groups in total. The summed E-state index contributed by atoms with van der Waals surface area (Å²) in [5, 5.41) is 8.05. The van der Waals surface area contributed by atoms with Gasteiger partial charge in [0.05, 0.1) is 16.2 Å². The van der Waals surface area contributed by atoms with E-state index in [0.717, 1.165) is 29.0 Å². The summed E-state index contributed by atoms with van der Waals surface area (Å²) in [6, 6.07) is 15.5. The number of hydrogen-bond acceptors (Lipinski definition) is 4. The summed E-state index contributed by atoms with van der Waals surface area (Å²) >= 11 is 6.20. The van der Waals surface area contributed by atoms with Gasteiger partial charge in [-0.25, -0.2) is 4.98 Å². The highest BCUT2D eigenvalue weighted by Gasteiger charge is 2.08. The molecule has 3 rings (SSSR count). The number of hydrogen-bond donors (Lipinski definition) is 2. The van der Waals surface area contributed by atoms with E-state index in [1.165, 1.54) is 0 Å². The van der Waals surface area contributed by atoms with Gasteiger partial charge in [-0.2, -0.15) is 4.98 Å². The number of nitrogens with one attached hydrogen (secondary N) is 2. The molecule has 0 amide bonds. The largest absolute Gasteiger partial charge is 0.354 e. The zero-order valence-corrected chi connectivity index (χ0v) is 12.4. The minimum absolute atomic E-state index is 0.603. The smallest absolute Gasteiger partial charge is 0.225 e. The molecule has 0 spiro atoms. The molecule has 21 heavy (non-hydrogen) atoms. The van der Waals surface area contributed by atoms with Crippen LogP contribution in [0, 0.1) is 0 Å². The molecule has 2 aromatic carbocycles. The molecule has 1 heterocycles. The Morgan fingerprint density at radius 1 is 1.00 bits per heavy atom. The Morgan fingerprint density at radius 3 is 2.57 bits per heavy atom. The van der Waals surface area contributed by atoms with Gasteiger partial charge in [0, 0.05) is 11.9 Å². The molecule has 0 aliphatic rings. The van der Waals surface area contributed by atoms with Gasteiger partial charge in [-0.15, -0.1) is 0 Å². The van der Waals surface area contributed by atoms with Crippen LogP contribution < -0.4 is 10.6 Å². The number of rotatable bonds is 4. The van der Waals surface area contributed by atoms with Crippen LogP contribution >= 0.6 is 11.6 Å². The second kappa shape index (κ2) is 5.97. The van der Waals surface area contributed by atoms with Crippen LogP contribution in [0.2, 0.25) is 5.02 Å². The van der Waals surface area contributed by atoms with Crippen molar-refractivity contribution >= 4 is 40.0 Å². The molecule has 0 bridgehead atoms. The van der Waals surface area contributed by atoms with Gasteiger partial charge in [-0.05, 0) is 31.2 Å². The fourth-order valence-corrected chi connectivity index (χ4v) is 2.28. The third-order valence-corrected chi connectivity index (χ3v) is 3.39. The molecule has 5 heteroatoms. The fraction of sp³-hybridized carbons (Fsp3) is 0.125. The van der Waals surface area contributed by atoms with Crippen molar-refractivity contribution in [3.8, 4) is 0 Å². The van der Waals surface area contributed by atoms with Crippen molar-refractivity contribution in [2.24, 2.45) is 0 Å². The molecule has 0 saturated carbocycles. The van der Waals surface area contributed by atoms with E-state index in [9.17, 15) is 0 Å². The lowest BCUT2D eigenvalue weighted by molar-refractivity contribution is 1.11. The van der Waals surface area contributed by atoms with Crippen LogP contribution in [0.3, 0.4) is 0 Å². The molecule has 1 aromatic heterocycles. The second-order valence-electron chi connectivity index (χ2n) is 4.55. The monoisotopic (exact) mass is 298 g/mol. The molecular formula is C16H15ClN4. The van der Waals surface area contributed by atoms with Crippen LogP contribution in [0.1, 0.15) is 6.92 Å². The predicted molar refractivity (Wildman–Crippen MR) is 88.4 cm³/mol. The highest BCUT2D eigenvalue weighted by Crippen LogP contribution is 2.28. The van der Waals surface area contributed by atoms with Gasteiger partial charge in [0.25, 0.3) is 0 Å². The first-order valence-electron chi connectivity index (χ1n) is 6.80. The molecule has 0 fully saturated rings. The first-order valence-corrected chi connectivity index (χ1v) is 7.18. The average Bonchev–Trinajstić information content (AvgIpc) is 2.50. The number of nitrogens with zero attached hydrogens (tertiary/aromatic N) is 2. The van der Waals surface area contributed by atoms with Crippen LogP contribution in [-0.2, 0) is 0 Å². The third kappa shape index (κ3) is 2.90. The SMILES string of the molecule is CCNc1nc(Nc2ccccc2Cl)c2ccccc2n1. The van der Waals surface area contributed by atoms with Crippen LogP contribution in [0.4, 0.5) is 17.5 Å². The third-order valence-electron chi connectivity index (χ3n) is 3.07. The van der Waals surface area contributed by atoms with Gasteiger partial charge < -0.3 is 10.6 Å². The molecule has 0 radical (unpaired) electrons. The molecule has 0 aliphatic carbocycles. The molecule has 0 aliphatic heterocycles. The maximum Gasteiger partial charge on any atom is 0.225 e. The van der Waals surface area contributed by atoms with Crippen molar-refractivity contribution in [2.45, 2.75) is 6.92 Å². The summed E-state index contributed by atoms with van der Waals surface area (Å²) in [4.78, 5) is 9.03. The van der Waals surface area contributed by atoms with Crippen LogP contribution in [0.15, 0.2) is 48.5 Å². The molecule has 0 unspecified atom stereocenters. The van der Waals surface area contributed by atoms with E-state index in [0.29, 0.717) is 11.0 Å². The number of anilines is 3. The topological polar surface area (TPSA) is 49.8 Å². The van der Waals surface area contributed by atoms with Crippen LogP contribution in [0.5, 0.6) is 0 Å². The van der Waals surface area contributed by atoms with Gasteiger partial charge in [-0.3, -0.25) is 0 Å². The van der Waals surface area contributed by atoms with E-state index in [4.69, 9.17) is 11.6 Å². The number of aromatic nitrogens is 2. The first-order chi connectivity index (χ1) is 10.3. The lowest BCUT2D eigenvalue weighted by atomic mass is 10.2. The van der Waals surface area contributed by atoms with Crippen molar-refractivity contribution in [2.75, 3.05) is 17.2 Å². The number of benzene rings is 2. The summed E-state index contributed by atoms with van der Waals surface area (Å²) in [6.45, 7) is 2.78. The Balaban J connectivity index is 2.09. The first kappa shape index (κ1) is 13.6. The quantitative estimate of drug-likeness (QED) is 0.746. The summed E-state index contributed by atoms with van der Waals surface area (Å²) < 4.78 is 0.